The maximum absolute atomic E-state index is 6.02. The predicted molar refractivity (Wildman–Crippen MR) is 103 cm³/mol. The first-order valence-corrected chi connectivity index (χ1v) is 8.11. The van der Waals surface area contributed by atoms with Gasteiger partial charge >= 0.3 is 0 Å². The molecular weight excluding hydrogens is 380 g/mol. The lowest BCUT2D eigenvalue weighted by Crippen LogP contribution is -2.03. The molecule has 0 bridgehead atoms. The molecule has 0 aliphatic heterocycles. The van der Waals surface area contributed by atoms with Crippen LogP contribution in [-0.4, -0.2) is 24.5 Å². The normalized spacial score (nSPS) is 10.6. The van der Waals surface area contributed by atoms with Gasteiger partial charge < -0.3 is 5.73 Å². The molecule has 3 heterocycles. The van der Waals surface area contributed by atoms with Crippen molar-refractivity contribution in [3.8, 4) is 17.2 Å². The second-order valence-electron chi connectivity index (χ2n) is 5.37. The van der Waals surface area contributed by atoms with Gasteiger partial charge in [0.05, 0.1) is 0 Å². The fourth-order valence-electron chi connectivity index (χ4n) is 2.55. The van der Waals surface area contributed by atoms with Gasteiger partial charge in [0, 0.05) is 18.1 Å². The number of anilines is 1. The van der Waals surface area contributed by atoms with Gasteiger partial charge in [0.15, 0.2) is 17.3 Å². The number of aromatic nitrogens is 5. The second-order valence-corrected chi connectivity index (χ2v) is 6.19. The van der Waals surface area contributed by atoms with Crippen LogP contribution < -0.4 is 5.73 Å². The van der Waals surface area contributed by atoms with Crippen LogP contribution in [0, 0.1) is 6.92 Å². The highest BCUT2D eigenvalue weighted by molar-refractivity contribution is 9.10. The molecule has 0 unspecified atom stereocenters. The van der Waals surface area contributed by atoms with Gasteiger partial charge in [-0.1, -0.05) is 25.1 Å². The third-order valence-electron chi connectivity index (χ3n) is 3.70. The molecule has 2 N–H and O–H groups in total. The van der Waals surface area contributed by atoms with Crippen molar-refractivity contribution in [3.63, 3.8) is 0 Å². The van der Waals surface area contributed by atoms with E-state index in [0.29, 0.717) is 17.3 Å². The summed E-state index contributed by atoms with van der Waals surface area (Å²) >= 11 is 3.43. The van der Waals surface area contributed by atoms with Crippen LogP contribution in [0.25, 0.3) is 28.4 Å². The van der Waals surface area contributed by atoms with E-state index < -0.39 is 0 Å². The molecule has 0 aliphatic rings. The predicted octanol–water partition coefficient (Wildman–Crippen LogP) is 4.17. The molecule has 0 spiro atoms. The zero-order valence-corrected chi connectivity index (χ0v) is 14.4. The van der Waals surface area contributed by atoms with Crippen molar-refractivity contribution in [1.82, 2.24) is 24.5 Å². The Balaban J connectivity index is 0.00000182. The average Bonchev–Trinajstić information content (AvgIpc) is 2.94. The standard InChI is InChI=1S/C17H13BrN6.CH4/c1-10-2-4-11(5-3-10)24-16-12(6-7-13(18)23-16)22-17(24)14-15(19)21-9-8-20-14;/h2-9H,1H3,(H2,19,21);1H4. The zero-order valence-electron chi connectivity index (χ0n) is 12.8. The quantitative estimate of drug-likeness (QED) is 0.514. The Morgan fingerprint density at radius 2 is 1.68 bits per heavy atom. The number of nitrogen functional groups attached to an aromatic ring is 1. The van der Waals surface area contributed by atoms with Gasteiger partial charge in [0.25, 0.3) is 0 Å². The lowest BCUT2D eigenvalue weighted by Gasteiger charge is -2.09. The van der Waals surface area contributed by atoms with E-state index in [1.807, 2.05) is 47.9 Å². The van der Waals surface area contributed by atoms with Crippen LogP contribution in [0.1, 0.15) is 13.0 Å². The highest BCUT2D eigenvalue weighted by Crippen LogP contribution is 2.29. The molecule has 6 nitrogen and oxygen atoms in total. The number of aryl methyl sites for hydroxylation is 1. The summed E-state index contributed by atoms with van der Waals surface area (Å²) in [7, 11) is 0. The first kappa shape index (κ1) is 17.0. The molecule has 0 saturated carbocycles. The lowest BCUT2D eigenvalue weighted by atomic mass is 10.2. The monoisotopic (exact) mass is 396 g/mol. The van der Waals surface area contributed by atoms with Crippen molar-refractivity contribution in [2.75, 3.05) is 5.73 Å². The van der Waals surface area contributed by atoms with Gasteiger partial charge in [0.1, 0.15) is 15.8 Å². The number of rotatable bonds is 2. The molecule has 3 aromatic heterocycles. The van der Waals surface area contributed by atoms with Crippen LogP contribution in [0.4, 0.5) is 5.82 Å². The third kappa shape index (κ3) is 2.98. The largest absolute Gasteiger partial charge is 0.382 e. The smallest absolute Gasteiger partial charge is 0.169 e. The molecule has 4 rings (SSSR count). The maximum Gasteiger partial charge on any atom is 0.169 e. The molecule has 0 radical (unpaired) electrons. The van der Waals surface area contributed by atoms with Crippen molar-refractivity contribution >= 4 is 32.9 Å². The van der Waals surface area contributed by atoms with Gasteiger partial charge in [-0.25, -0.2) is 19.9 Å². The van der Waals surface area contributed by atoms with Crippen LogP contribution >= 0.6 is 15.9 Å². The summed E-state index contributed by atoms with van der Waals surface area (Å²) in [5, 5.41) is 0. The molecule has 0 aliphatic carbocycles. The van der Waals surface area contributed by atoms with Crippen LogP contribution in [0.15, 0.2) is 53.4 Å². The summed E-state index contributed by atoms with van der Waals surface area (Å²) in [6.45, 7) is 2.05. The molecular formula is C18H17BrN6. The molecule has 0 fully saturated rings. The summed E-state index contributed by atoms with van der Waals surface area (Å²) in [5.74, 6) is 0.949. The minimum absolute atomic E-state index is 0. The van der Waals surface area contributed by atoms with Crippen molar-refractivity contribution in [2.45, 2.75) is 14.4 Å². The number of nitrogens with two attached hydrogens (primary N) is 1. The van der Waals surface area contributed by atoms with Crippen molar-refractivity contribution in [2.24, 2.45) is 0 Å². The Kier molecular flexibility index (Phi) is 4.50. The number of hydrogen-bond acceptors (Lipinski definition) is 5. The van der Waals surface area contributed by atoms with E-state index in [2.05, 4.69) is 35.9 Å². The minimum Gasteiger partial charge on any atom is -0.382 e. The molecule has 0 saturated heterocycles. The number of benzene rings is 1. The number of nitrogens with zero attached hydrogens (tertiary/aromatic N) is 5. The lowest BCUT2D eigenvalue weighted by molar-refractivity contribution is 1.05. The Bertz CT molecular complexity index is 1040. The Morgan fingerprint density at radius 3 is 2.40 bits per heavy atom. The fraction of sp³-hybridized carbons (Fsp3) is 0.111. The van der Waals surface area contributed by atoms with Gasteiger partial charge in [-0.15, -0.1) is 0 Å². The van der Waals surface area contributed by atoms with Crippen LogP contribution in [0.3, 0.4) is 0 Å². The molecule has 126 valence electrons. The van der Waals surface area contributed by atoms with E-state index in [-0.39, 0.29) is 7.43 Å². The summed E-state index contributed by atoms with van der Waals surface area (Å²) in [6.07, 6.45) is 3.17. The fourth-order valence-corrected chi connectivity index (χ4v) is 2.85. The zero-order chi connectivity index (χ0) is 16.7. The summed E-state index contributed by atoms with van der Waals surface area (Å²) in [4.78, 5) is 17.7. The number of imidazole rings is 1. The molecule has 7 heteroatoms. The Labute approximate surface area is 153 Å². The average molecular weight is 397 g/mol. The Morgan fingerprint density at radius 1 is 0.960 bits per heavy atom. The SMILES string of the molecule is C.Cc1ccc(-n2c(-c3nccnc3N)nc3ccc(Br)nc32)cc1. The van der Waals surface area contributed by atoms with E-state index in [9.17, 15) is 0 Å². The first-order chi connectivity index (χ1) is 11.6. The third-order valence-corrected chi connectivity index (χ3v) is 4.14. The molecule has 4 aromatic rings. The van der Waals surface area contributed by atoms with Crippen LogP contribution in [-0.2, 0) is 0 Å². The molecule has 1 aromatic carbocycles. The number of hydrogen-bond donors (Lipinski definition) is 1. The van der Waals surface area contributed by atoms with Gasteiger partial charge in [-0.05, 0) is 47.1 Å². The highest BCUT2D eigenvalue weighted by Gasteiger charge is 2.19. The van der Waals surface area contributed by atoms with Gasteiger partial charge in [0.2, 0.25) is 0 Å². The van der Waals surface area contributed by atoms with Crippen LogP contribution in [0.5, 0.6) is 0 Å². The van der Waals surface area contributed by atoms with E-state index in [4.69, 9.17) is 5.73 Å². The van der Waals surface area contributed by atoms with Crippen LogP contribution in [0.2, 0.25) is 0 Å². The van der Waals surface area contributed by atoms with E-state index >= 15 is 0 Å². The minimum atomic E-state index is 0. The summed E-state index contributed by atoms with van der Waals surface area (Å²) < 4.78 is 2.68. The van der Waals surface area contributed by atoms with E-state index in [1.54, 1.807) is 12.4 Å². The van der Waals surface area contributed by atoms with E-state index in [0.717, 1.165) is 21.5 Å². The van der Waals surface area contributed by atoms with Crippen molar-refractivity contribution < 1.29 is 0 Å². The summed E-state index contributed by atoms with van der Waals surface area (Å²) in [5.41, 5.74) is 10.2. The van der Waals surface area contributed by atoms with E-state index in [1.165, 1.54) is 5.56 Å². The number of halogens is 1. The van der Waals surface area contributed by atoms with Gasteiger partial charge in [-0.2, -0.15) is 0 Å². The Hall–Kier alpha value is -2.80. The molecule has 0 amide bonds. The second kappa shape index (κ2) is 6.60. The number of pyridine rings is 1. The maximum atomic E-state index is 6.02. The number of fused-ring (bicyclic) bond motifs is 1. The highest BCUT2D eigenvalue weighted by atomic mass is 79.9. The first-order valence-electron chi connectivity index (χ1n) is 7.32. The summed E-state index contributed by atoms with van der Waals surface area (Å²) in [6, 6.07) is 11.9. The topological polar surface area (TPSA) is 82.5 Å². The van der Waals surface area contributed by atoms with Crippen molar-refractivity contribution in [1.29, 1.82) is 0 Å². The molecule has 0 atom stereocenters. The van der Waals surface area contributed by atoms with Gasteiger partial charge in [-0.3, -0.25) is 4.57 Å². The molecule has 25 heavy (non-hydrogen) atoms. The van der Waals surface area contributed by atoms with Crippen molar-refractivity contribution in [3.05, 3.63) is 59.0 Å².